The Balaban J connectivity index is 1.54. The molecule has 20 heavy (non-hydrogen) atoms. The first-order valence-corrected chi connectivity index (χ1v) is 7.54. The maximum Gasteiger partial charge on any atom is 0.407 e. The third kappa shape index (κ3) is 2.41. The average molecular weight is 273 g/mol. The summed E-state index contributed by atoms with van der Waals surface area (Å²) in [6.07, 6.45) is 3.54. The Hall–Kier alpha value is -1.51. The first-order valence-electron chi connectivity index (χ1n) is 7.54. The number of alkyl carbamates (subject to hydrolysis) is 1. The summed E-state index contributed by atoms with van der Waals surface area (Å²) in [5.74, 6) is 1.39. The first kappa shape index (κ1) is 13.5. The fourth-order valence-corrected chi connectivity index (χ4v) is 4.05. The second-order valence-electron chi connectivity index (χ2n) is 6.78. The van der Waals surface area contributed by atoms with Crippen LogP contribution in [0.1, 0.15) is 38.7 Å². The Labute approximate surface area is 120 Å². The van der Waals surface area contributed by atoms with Gasteiger partial charge >= 0.3 is 6.09 Å². The Morgan fingerprint density at radius 1 is 1.30 bits per heavy atom. The molecule has 1 aromatic rings. The van der Waals surface area contributed by atoms with Gasteiger partial charge in [-0.15, -0.1) is 0 Å². The van der Waals surface area contributed by atoms with Crippen molar-refractivity contribution in [3.63, 3.8) is 0 Å². The smallest absolute Gasteiger partial charge is 0.407 e. The van der Waals surface area contributed by atoms with Crippen LogP contribution in [0.3, 0.4) is 0 Å². The minimum absolute atomic E-state index is 0.203. The van der Waals surface area contributed by atoms with E-state index in [-0.39, 0.29) is 17.6 Å². The van der Waals surface area contributed by atoms with Gasteiger partial charge in [-0.3, -0.25) is 0 Å². The highest BCUT2D eigenvalue weighted by atomic mass is 16.5. The fourth-order valence-electron chi connectivity index (χ4n) is 4.05. The number of rotatable bonds is 3. The molecule has 2 aliphatic carbocycles. The largest absolute Gasteiger partial charge is 0.445 e. The molecular weight excluding hydrogens is 250 g/mol. The molecule has 2 aliphatic rings. The molecule has 2 saturated carbocycles. The molecule has 3 nitrogen and oxygen atoms in total. The summed E-state index contributed by atoms with van der Waals surface area (Å²) in [5, 5.41) is 3.11. The first-order chi connectivity index (χ1) is 9.57. The van der Waals surface area contributed by atoms with E-state index in [1.54, 1.807) is 0 Å². The van der Waals surface area contributed by atoms with Crippen molar-refractivity contribution in [2.75, 3.05) is 0 Å². The predicted molar refractivity (Wildman–Crippen MR) is 78.2 cm³/mol. The van der Waals surface area contributed by atoms with E-state index in [9.17, 15) is 4.79 Å². The van der Waals surface area contributed by atoms with Crippen LogP contribution in [-0.4, -0.2) is 12.1 Å². The van der Waals surface area contributed by atoms with Gasteiger partial charge in [-0.05, 0) is 42.1 Å². The number of benzene rings is 1. The summed E-state index contributed by atoms with van der Waals surface area (Å²) >= 11 is 0. The minimum atomic E-state index is -0.278. The van der Waals surface area contributed by atoms with E-state index in [0.717, 1.165) is 11.5 Å². The van der Waals surface area contributed by atoms with Crippen LogP contribution in [0.4, 0.5) is 4.79 Å². The van der Waals surface area contributed by atoms with Crippen molar-refractivity contribution < 1.29 is 9.53 Å². The number of ether oxygens (including phenoxy) is 1. The SMILES string of the molecule is CC1(C)[C@@H]2CC[C@@H](C2)[C@@H]1NC(=O)OCc1ccccc1. The Kier molecular flexibility index (Phi) is 3.45. The minimum Gasteiger partial charge on any atom is -0.445 e. The van der Waals surface area contributed by atoms with Gasteiger partial charge in [-0.25, -0.2) is 4.79 Å². The zero-order chi connectivity index (χ0) is 14.2. The highest BCUT2D eigenvalue weighted by molar-refractivity contribution is 5.68. The van der Waals surface area contributed by atoms with E-state index < -0.39 is 0 Å². The molecule has 0 radical (unpaired) electrons. The number of hydrogen-bond acceptors (Lipinski definition) is 2. The molecule has 0 saturated heterocycles. The molecule has 1 N–H and O–H groups in total. The van der Waals surface area contributed by atoms with Crippen LogP contribution in [0.2, 0.25) is 0 Å². The number of carbonyl (C=O) groups excluding carboxylic acids is 1. The van der Waals surface area contributed by atoms with Gasteiger partial charge in [0.15, 0.2) is 0 Å². The number of fused-ring (bicyclic) bond motifs is 2. The third-order valence-electron chi connectivity index (χ3n) is 5.28. The molecule has 1 aromatic carbocycles. The van der Waals surface area contributed by atoms with Crippen molar-refractivity contribution >= 4 is 6.09 Å². The van der Waals surface area contributed by atoms with Crippen molar-refractivity contribution in [2.45, 2.75) is 45.8 Å². The zero-order valence-electron chi connectivity index (χ0n) is 12.3. The van der Waals surface area contributed by atoms with E-state index in [1.807, 2.05) is 30.3 Å². The summed E-state index contributed by atoms with van der Waals surface area (Å²) in [6, 6.07) is 10.1. The zero-order valence-corrected chi connectivity index (χ0v) is 12.3. The molecule has 0 aliphatic heterocycles. The van der Waals surface area contributed by atoms with Crippen LogP contribution in [0.5, 0.6) is 0 Å². The van der Waals surface area contributed by atoms with E-state index in [1.165, 1.54) is 19.3 Å². The maximum absolute atomic E-state index is 12.0. The van der Waals surface area contributed by atoms with Gasteiger partial charge in [0, 0.05) is 6.04 Å². The molecular formula is C17H23NO2. The van der Waals surface area contributed by atoms with Gasteiger partial charge in [0.1, 0.15) is 6.61 Å². The molecule has 2 bridgehead atoms. The molecule has 0 heterocycles. The molecule has 1 amide bonds. The lowest BCUT2D eigenvalue weighted by atomic mass is 9.73. The van der Waals surface area contributed by atoms with Crippen molar-refractivity contribution in [3.8, 4) is 0 Å². The quantitative estimate of drug-likeness (QED) is 0.911. The predicted octanol–water partition coefficient (Wildman–Crippen LogP) is 3.74. The van der Waals surface area contributed by atoms with E-state index in [4.69, 9.17) is 4.74 Å². The van der Waals surface area contributed by atoms with Crippen LogP contribution in [0.15, 0.2) is 30.3 Å². The van der Waals surface area contributed by atoms with Gasteiger partial charge in [0.25, 0.3) is 0 Å². The summed E-state index contributed by atoms with van der Waals surface area (Å²) in [4.78, 5) is 12.0. The van der Waals surface area contributed by atoms with Crippen LogP contribution in [0.25, 0.3) is 0 Å². The molecule has 2 fully saturated rings. The maximum atomic E-state index is 12.0. The van der Waals surface area contributed by atoms with Crippen molar-refractivity contribution in [1.29, 1.82) is 0 Å². The number of amides is 1. The van der Waals surface area contributed by atoms with E-state index in [2.05, 4.69) is 19.2 Å². The Morgan fingerprint density at radius 3 is 2.70 bits per heavy atom. The van der Waals surface area contributed by atoms with Crippen molar-refractivity contribution in [1.82, 2.24) is 5.32 Å². The van der Waals surface area contributed by atoms with Crippen LogP contribution in [-0.2, 0) is 11.3 Å². The third-order valence-corrected chi connectivity index (χ3v) is 5.28. The van der Waals surface area contributed by atoms with E-state index in [0.29, 0.717) is 12.5 Å². The lowest BCUT2D eigenvalue weighted by Gasteiger charge is -2.38. The van der Waals surface area contributed by atoms with Gasteiger partial charge < -0.3 is 10.1 Å². The van der Waals surface area contributed by atoms with Crippen LogP contribution >= 0.6 is 0 Å². The van der Waals surface area contributed by atoms with Crippen molar-refractivity contribution in [2.24, 2.45) is 17.3 Å². The second kappa shape index (κ2) is 5.12. The Bertz CT molecular complexity index is 483. The second-order valence-corrected chi connectivity index (χ2v) is 6.78. The monoisotopic (exact) mass is 273 g/mol. The van der Waals surface area contributed by atoms with Gasteiger partial charge in [0.05, 0.1) is 0 Å². The summed E-state index contributed by atoms with van der Waals surface area (Å²) in [7, 11) is 0. The standard InChI is InChI=1S/C17H23NO2/c1-17(2)14-9-8-13(10-14)15(17)18-16(19)20-11-12-6-4-3-5-7-12/h3-7,13-15H,8-11H2,1-2H3,(H,18,19)/t13-,14+,15-/m0/s1. The average Bonchev–Trinajstić information content (AvgIpc) is 3.00. The van der Waals surface area contributed by atoms with Crippen LogP contribution < -0.4 is 5.32 Å². The van der Waals surface area contributed by atoms with Gasteiger partial charge in [0.2, 0.25) is 0 Å². The summed E-state index contributed by atoms with van der Waals surface area (Å²) in [6.45, 7) is 4.89. The molecule has 3 heteroatoms. The molecule has 0 unspecified atom stereocenters. The molecule has 3 rings (SSSR count). The van der Waals surface area contributed by atoms with E-state index >= 15 is 0 Å². The lowest BCUT2D eigenvalue weighted by Crippen LogP contribution is -2.48. The summed E-state index contributed by atoms with van der Waals surface area (Å²) < 4.78 is 5.34. The molecule has 108 valence electrons. The van der Waals surface area contributed by atoms with Crippen LogP contribution in [0, 0.1) is 17.3 Å². The van der Waals surface area contributed by atoms with Crippen molar-refractivity contribution in [3.05, 3.63) is 35.9 Å². The topological polar surface area (TPSA) is 38.3 Å². The molecule has 3 atom stereocenters. The number of carbonyl (C=O) groups is 1. The fraction of sp³-hybridized carbons (Fsp3) is 0.588. The highest BCUT2D eigenvalue weighted by Gasteiger charge is 2.53. The highest BCUT2D eigenvalue weighted by Crippen LogP contribution is 2.55. The lowest BCUT2D eigenvalue weighted by molar-refractivity contribution is 0.106. The molecule has 0 aromatic heterocycles. The number of nitrogens with one attached hydrogen (secondary N) is 1. The summed E-state index contributed by atoms with van der Waals surface area (Å²) in [5.41, 5.74) is 1.23. The normalized spacial score (nSPS) is 30.2. The van der Waals surface area contributed by atoms with Gasteiger partial charge in [-0.1, -0.05) is 44.2 Å². The Morgan fingerprint density at radius 2 is 2.05 bits per heavy atom. The molecule has 0 spiro atoms. The number of hydrogen-bond donors (Lipinski definition) is 1. The van der Waals surface area contributed by atoms with Gasteiger partial charge in [-0.2, -0.15) is 0 Å².